The van der Waals surface area contributed by atoms with Gasteiger partial charge in [0.15, 0.2) is 5.69 Å². The number of benzene rings is 1. The maximum atomic E-state index is 13.6. The molecular weight excluding hydrogens is 326 g/mol. The van der Waals surface area contributed by atoms with Crippen LogP contribution in [0.5, 0.6) is 0 Å². The van der Waals surface area contributed by atoms with Gasteiger partial charge >= 0.3 is 6.18 Å². The molecule has 1 aliphatic heterocycles. The highest BCUT2D eigenvalue weighted by atomic mass is 19.4. The lowest BCUT2D eigenvalue weighted by Gasteiger charge is -2.28. The van der Waals surface area contributed by atoms with E-state index in [2.05, 4.69) is 5.10 Å². The first kappa shape index (κ1) is 16.5. The summed E-state index contributed by atoms with van der Waals surface area (Å²) < 4.78 is 54.1. The Morgan fingerprint density at radius 1 is 1.29 bits per heavy atom. The van der Waals surface area contributed by atoms with Gasteiger partial charge in [-0.2, -0.15) is 18.3 Å². The number of rotatable bonds is 2. The summed E-state index contributed by atoms with van der Waals surface area (Å²) in [4.78, 5) is 13.7. The summed E-state index contributed by atoms with van der Waals surface area (Å²) in [5.41, 5.74) is -0.214. The molecule has 0 N–H and O–H groups in total. The second-order valence-corrected chi connectivity index (χ2v) is 5.73. The van der Waals surface area contributed by atoms with E-state index in [0.717, 1.165) is 0 Å². The Balaban J connectivity index is 1.82. The third-order valence-electron chi connectivity index (χ3n) is 4.16. The lowest BCUT2D eigenvalue weighted by molar-refractivity contribution is -0.143. The predicted octanol–water partition coefficient (Wildman–Crippen LogP) is 2.71. The summed E-state index contributed by atoms with van der Waals surface area (Å²) in [5.74, 6) is -0.899. The van der Waals surface area contributed by atoms with Crippen molar-refractivity contribution in [3.63, 3.8) is 0 Å². The zero-order valence-corrected chi connectivity index (χ0v) is 12.9. The summed E-state index contributed by atoms with van der Waals surface area (Å²) in [5, 5.41) is 3.55. The van der Waals surface area contributed by atoms with Crippen molar-refractivity contribution in [3.05, 3.63) is 52.6 Å². The Hall–Kier alpha value is -2.38. The van der Waals surface area contributed by atoms with Crippen LogP contribution in [0.2, 0.25) is 0 Å². The van der Waals surface area contributed by atoms with Crippen LogP contribution in [0.3, 0.4) is 0 Å². The number of fused-ring (bicyclic) bond motifs is 1. The highest BCUT2D eigenvalue weighted by Gasteiger charge is 2.40. The van der Waals surface area contributed by atoms with Crippen LogP contribution in [-0.2, 0) is 37.4 Å². The number of aryl methyl sites for hydroxylation is 1. The van der Waals surface area contributed by atoms with E-state index in [0.29, 0.717) is 5.69 Å². The molecule has 2 aromatic rings. The fourth-order valence-corrected chi connectivity index (χ4v) is 2.95. The molecule has 0 saturated carbocycles. The number of carbonyl (C=O) groups excluding carboxylic acids is 1. The first-order chi connectivity index (χ1) is 11.3. The molecule has 1 aliphatic rings. The average molecular weight is 341 g/mol. The van der Waals surface area contributed by atoms with Gasteiger partial charge in [-0.3, -0.25) is 9.48 Å². The maximum Gasteiger partial charge on any atom is 0.435 e. The third-order valence-corrected chi connectivity index (χ3v) is 4.16. The average Bonchev–Trinajstić information content (AvgIpc) is 2.86. The molecule has 1 aromatic heterocycles. The minimum Gasteiger partial charge on any atom is -0.338 e. The van der Waals surface area contributed by atoms with Gasteiger partial charge < -0.3 is 4.90 Å². The van der Waals surface area contributed by atoms with Crippen molar-refractivity contribution in [1.82, 2.24) is 14.7 Å². The van der Waals surface area contributed by atoms with Crippen LogP contribution >= 0.6 is 0 Å². The molecular formula is C16H15F4N3O. The number of carbonyl (C=O) groups is 1. The van der Waals surface area contributed by atoms with Crippen molar-refractivity contribution in [2.24, 2.45) is 7.05 Å². The SMILES string of the molecule is Cn1nc(C(F)(F)F)c2c1CCN(C(=O)Cc1ccccc1F)C2. The number of halogens is 4. The van der Waals surface area contributed by atoms with Gasteiger partial charge in [0, 0.05) is 37.8 Å². The van der Waals surface area contributed by atoms with Crippen LogP contribution in [0.25, 0.3) is 0 Å². The van der Waals surface area contributed by atoms with E-state index in [1.54, 1.807) is 6.07 Å². The van der Waals surface area contributed by atoms with Crippen molar-refractivity contribution in [2.45, 2.75) is 25.6 Å². The zero-order chi connectivity index (χ0) is 17.5. The number of aromatic nitrogens is 2. The normalized spacial score (nSPS) is 14.6. The molecule has 0 bridgehead atoms. The van der Waals surface area contributed by atoms with E-state index in [-0.39, 0.29) is 37.1 Å². The van der Waals surface area contributed by atoms with Crippen molar-refractivity contribution in [1.29, 1.82) is 0 Å². The summed E-state index contributed by atoms with van der Waals surface area (Å²) in [7, 11) is 1.46. The van der Waals surface area contributed by atoms with Crippen molar-refractivity contribution < 1.29 is 22.4 Å². The Labute approximate surface area is 135 Å². The maximum absolute atomic E-state index is 13.6. The Morgan fingerprint density at radius 2 is 2.00 bits per heavy atom. The third kappa shape index (κ3) is 3.00. The molecule has 4 nitrogen and oxygen atoms in total. The van der Waals surface area contributed by atoms with E-state index in [1.807, 2.05) is 0 Å². The number of hydrogen-bond acceptors (Lipinski definition) is 2. The van der Waals surface area contributed by atoms with Gasteiger partial charge in [0.2, 0.25) is 5.91 Å². The Bertz CT molecular complexity index is 782. The molecule has 24 heavy (non-hydrogen) atoms. The molecule has 0 saturated heterocycles. The Kier molecular flexibility index (Phi) is 4.06. The van der Waals surface area contributed by atoms with Crippen LogP contribution < -0.4 is 0 Å². The lowest BCUT2D eigenvalue weighted by Crippen LogP contribution is -2.37. The quantitative estimate of drug-likeness (QED) is 0.788. The van der Waals surface area contributed by atoms with Crippen LogP contribution in [0, 0.1) is 5.82 Å². The van der Waals surface area contributed by atoms with E-state index in [1.165, 1.54) is 34.8 Å². The van der Waals surface area contributed by atoms with Gasteiger partial charge in [-0.05, 0) is 11.6 Å². The molecule has 1 aromatic carbocycles. The minimum absolute atomic E-state index is 0.0260. The summed E-state index contributed by atoms with van der Waals surface area (Å²) in [6.07, 6.45) is -4.45. The van der Waals surface area contributed by atoms with Crippen molar-refractivity contribution in [2.75, 3.05) is 6.54 Å². The molecule has 1 amide bonds. The van der Waals surface area contributed by atoms with Gasteiger partial charge in [-0.15, -0.1) is 0 Å². The van der Waals surface area contributed by atoms with Gasteiger partial charge in [-0.25, -0.2) is 4.39 Å². The second kappa shape index (κ2) is 5.92. The fourth-order valence-electron chi connectivity index (χ4n) is 2.95. The van der Waals surface area contributed by atoms with E-state index in [9.17, 15) is 22.4 Å². The molecule has 3 rings (SSSR count). The number of amides is 1. The fraction of sp³-hybridized carbons (Fsp3) is 0.375. The van der Waals surface area contributed by atoms with Gasteiger partial charge in [0.05, 0.1) is 6.42 Å². The van der Waals surface area contributed by atoms with Crippen LogP contribution in [-0.4, -0.2) is 27.1 Å². The monoisotopic (exact) mass is 341 g/mol. The molecule has 0 aliphatic carbocycles. The molecule has 0 fully saturated rings. The molecule has 0 spiro atoms. The van der Waals surface area contributed by atoms with Crippen molar-refractivity contribution in [3.8, 4) is 0 Å². The van der Waals surface area contributed by atoms with E-state index < -0.39 is 23.6 Å². The van der Waals surface area contributed by atoms with Gasteiger partial charge in [-0.1, -0.05) is 18.2 Å². The zero-order valence-electron chi connectivity index (χ0n) is 12.9. The molecule has 0 unspecified atom stereocenters. The standard InChI is InChI=1S/C16H15F4N3O/c1-22-13-6-7-23(9-11(13)15(21-22)16(18,19)20)14(24)8-10-4-2-3-5-12(10)17/h2-5H,6-9H2,1H3. The van der Waals surface area contributed by atoms with Crippen LogP contribution in [0.4, 0.5) is 17.6 Å². The predicted molar refractivity (Wildman–Crippen MR) is 77.4 cm³/mol. The number of alkyl halides is 3. The number of hydrogen-bond donors (Lipinski definition) is 0. The lowest BCUT2D eigenvalue weighted by atomic mass is 10.0. The second-order valence-electron chi connectivity index (χ2n) is 5.73. The summed E-state index contributed by atoms with van der Waals surface area (Å²) in [6.45, 7) is 0.127. The van der Waals surface area contributed by atoms with Crippen molar-refractivity contribution >= 4 is 5.91 Å². The first-order valence-corrected chi connectivity index (χ1v) is 7.40. The van der Waals surface area contributed by atoms with E-state index >= 15 is 0 Å². The summed E-state index contributed by atoms with van der Waals surface area (Å²) in [6, 6.07) is 5.87. The molecule has 2 heterocycles. The first-order valence-electron chi connectivity index (χ1n) is 7.40. The largest absolute Gasteiger partial charge is 0.435 e. The topological polar surface area (TPSA) is 38.1 Å². The smallest absolute Gasteiger partial charge is 0.338 e. The highest BCUT2D eigenvalue weighted by molar-refractivity contribution is 5.79. The van der Waals surface area contributed by atoms with Crippen LogP contribution in [0.1, 0.15) is 22.5 Å². The van der Waals surface area contributed by atoms with Gasteiger partial charge in [0.25, 0.3) is 0 Å². The summed E-state index contributed by atoms with van der Waals surface area (Å²) >= 11 is 0. The molecule has 0 radical (unpaired) electrons. The van der Waals surface area contributed by atoms with Crippen LogP contribution in [0.15, 0.2) is 24.3 Å². The molecule has 128 valence electrons. The molecule has 8 heteroatoms. The van der Waals surface area contributed by atoms with E-state index in [4.69, 9.17) is 0 Å². The Morgan fingerprint density at radius 3 is 2.67 bits per heavy atom. The number of nitrogens with zero attached hydrogens (tertiary/aromatic N) is 3. The highest BCUT2D eigenvalue weighted by Crippen LogP contribution is 2.34. The molecule has 0 atom stereocenters. The minimum atomic E-state index is -4.57. The van der Waals surface area contributed by atoms with Gasteiger partial charge in [0.1, 0.15) is 5.82 Å².